The monoisotopic (exact) mass is 220 g/mol. The van der Waals surface area contributed by atoms with Crippen molar-refractivity contribution in [2.75, 3.05) is 14.2 Å². The maximum absolute atomic E-state index is 11.5. The third kappa shape index (κ3) is 2.95. The molecule has 0 heterocycles. The van der Waals surface area contributed by atoms with E-state index < -0.39 is 11.9 Å². The van der Waals surface area contributed by atoms with E-state index in [0.717, 1.165) is 6.08 Å². The van der Waals surface area contributed by atoms with Gasteiger partial charge in [0, 0.05) is 6.08 Å². The molecule has 4 nitrogen and oxygen atoms in total. The van der Waals surface area contributed by atoms with Gasteiger partial charge in [-0.05, 0) is 5.56 Å². The normalized spacial score (nSPS) is 10.8. The van der Waals surface area contributed by atoms with Crippen LogP contribution in [0.1, 0.15) is 5.56 Å². The van der Waals surface area contributed by atoms with Gasteiger partial charge in [-0.1, -0.05) is 30.3 Å². The summed E-state index contributed by atoms with van der Waals surface area (Å²) in [6, 6.07) is 8.78. The van der Waals surface area contributed by atoms with Crippen LogP contribution in [-0.2, 0) is 19.1 Å². The van der Waals surface area contributed by atoms with E-state index in [1.807, 2.05) is 6.07 Å². The zero-order valence-electron chi connectivity index (χ0n) is 9.10. The number of rotatable bonds is 3. The smallest absolute Gasteiger partial charge is 0.338 e. The Kier molecular flexibility index (Phi) is 4.27. The molecule has 0 radical (unpaired) electrons. The second-order valence-electron chi connectivity index (χ2n) is 2.94. The van der Waals surface area contributed by atoms with E-state index in [-0.39, 0.29) is 5.57 Å². The minimum Gasteiger partial charge on any atom is -0.466 e. The van der Waals surface area contributed by atoms with Crippen LogP contribution in [0.4, 0.5) is 0 Å². The molecule has 1 rings (SSSR count). The maximum Gasteiger partial charge on any atom is 0.338 e. The Labute approximate surface area is 93.5 Å². The van der Waals surface area contributed by atoms with Crippen LogP contribution >= 0.6 is 0 Å². The summed E-state index contributed by atoms with van der Waals surface area (Å²) >= 11 is 0. The average molecular weight is 220 g/mol. The molecule has 84 valence electrons. The third-order valence-corrected chi connectivity index (χ3v) is 1.95. The zero-order chi connectivity index (χ0) is 12.0. The molecule has 1 aromatic carbocycles. The molecule has 4 heteroatoms. The first-order valence-electron chi connectivity index (χ1n) is 4.62. The van der Waals surface area contributed by atoms with Gasteiger partial charge in [-0.3, -0.25) is 0 Å². The first kappa shape index (κ1) is 12.0. The van der Waals surface area contributed by atoms with Crippen molar-refractivity contribution in [1.82, 2.24) is 0 Å². The SMILES string of the molecule is COC(=O)/C=C(\C(=O)OC)c1ccccc1. The molecule has 0 aliphatic heterocycles. The largest absolute Gasteiger partial charge is 0.466 e. The van der Waals surface area contributed by atoms with E-state index in [9.17, 15) is 9.59 Å². The van der Waals surface area contributed by atoms with Gasteiger partial charge in [-0.25, -0.2) is 9.59 Å². The predicted molar refractivity (Wildman–Crippen MR) is 58.5 cm³/mol. The molecule has 0 aliphatic rings. The highest BCUT2D eigenvalue weighted by atomic mass is 16.5. The fourth-order valence-corrected chi connectivity index (χ4v) is 1.16. The van der Waals surface area contributed by atoms with Crippen molar-refractivity contribution in [2.24, 2.45) is 0 Å². The average Bonchev–Trinajstić information content (AvgIpc) is 2.35. The molecule has 0 bridgehead atoms. The topological polar surface area (TPSA) is 52.6 Å². The van der Waals surface area contributed by atoms with Gasteiger partial charge >= 0.3 is 11.9 Å². The Morgan fingerprint density at radius 1 is 1.06 bits per heavy atom. The highest BCUT2D eigenvalue weighted by molar-refractivity contribution is 6.20. The number of hydrogen-bond donors (Lipinski definition) is 0. The Hall–Kier alpha value is -2.10. The first-order valence-corrected chi connectivity index (χ1v) is 4.62. The van der Waals surface area contributed by atoms with Crippen molar-refractivity contribution < 1.29 is 19.1 Å². The van der Waals surface area contributed by atoms with E-state index in [1.54, 1.807) is 24.3 Å². The third-order valence-electron chi connectivity index (χ3n) is 1.95. The fourth-order valence-electron chi connectivity index (χ4n) is 1.16. The van der Waals surface area contributed by atoms with E-state index in [1.165, 1.54) is 14.2 Å². The summed E-state index contributed by atoms with van der Waals surface area (Å²) in [4.78, 5) is 22.6. The second kappa shape index (κ2) is 5.70. The Morgan fingerprint density at radius 2 is 1.69 bits per heavy atom. The standard InChI is InChI=1S/C12H12O4/c1-15-11(13)8-10(12(14)16-2)9-6-4-3-5-7-9/h3-8H,1-2H3/b10-8-. The molecular formula is C12H12O4. The molecule has 16 heavy (non-hydrogen) atoms. The van der Waals surface area contributed by atoms with Crippen LogP contribution in [0.15, 0.2) is 36.4 Å². The van der Waals surface area contributed by atoms with Crippen molar-refractivity contribution in [3.63, 3.8) is 0 Å². The molecule has 0 spiro atoms. The van der Waals surface area contributed by atoms with Crippen LogP contribution in [-0.4, -0.2) is 26.2 Å². The van der Waals surface area contributed by atoms with Crippen molar-refractivity contribution >= 4 is 17.5 Å². The van der Waals surface area contributed by atoms with Gasteiger partial charge in [0.1, 0.15) is 0 Å². The molecule has 0 aliphatic carbocycles. The predicted octanol–water partition coefficient (Wildman–Crippen LogP) is 1.42. The molecule has 0 saturated carbocycles. The number of esters is 2. The summed E-state index contributed by atoms with van der Waals surface area (Å²) in [5, 5.41) is 0. The van der Waals surface area contributed by atoms with Gasteiger partial charge < -0.3 is 9.47 Å². The molecule has 1 aromatic rings. The first-order chi connectivity index (χ1) is 7.69. The van der Waals surface area contributed by atoms with Crippen molar-refractivity contribution in [2.45, 2.75) is 0 Å². The summed E-state index contributed by atoms with van der Waals surface area (Å²) in [5.74, 6) is -1.17. The highest BCUT2D eigenvalue weighted by Gasteiger charge is 2.13. The molecule has 0 aromatic heterocycles. The lowest BCUT2D eigenvalue weighted by molar-refractivity contribution is -0.136. The summed E-state index contributed by atoms with van der Waals surface area (Å²) in [6.45, 7) is 0. The minimum absolute atomic E-state index is 0.176. The van der Waals surface area contributed by atoms with Gasteiger partial charge in [0.15, 0.2) is 0 Å². The fraction of sp³-hybridized carbons (Fsp3) is 0.167. The molecular weight excluding hydrogens is 208 g/mol. The van der Waals surface area contributed by atoms with Crippen molar-refractivity contribution in [3.05, 3.63) is 42.0 Å². The van der Waals surface area contributed by atoms with Crippen LogP contribution < -0.4 is 0 Å². The summed E-state index contributed by atoms with van der Waals surface area (Å²) in [5.41, 5.74) is 0.787. The zero-order valence-corrected chi connectivity index (χ0v) is 9.10. The van der Waals surface area contributed by atoms with E-state index >= 15 is 0 Å². The maximum atomic E-state index is 11.5. The van der Waals surface area contributed by atoms with Crippen molar-refractivity contribution in [1.29, 1.82) is 0 Å². The second-order valence-corrected chi connectivity index (χ2v) is 2.94. The lowest BCUT2D eigenvalue weighted by atomic mass is 10.1. The number of methoxy groups -OCH3 is 2. The van der Waals surface area contributed by atoms with Gasteiger partial charge in [0.05, 0.1) is 19.8 Å². The van der Waals surface area contributed by atoms with Gasteiger partial charge in [0.25, 0.3) is 0 Å². The number of hydrogen-bond acceptors (Lipinski definition) is 4. The van der Waals surface area contributed by atoms with Crippen LogP contribution in [0.25, 0.3) is 5.57 Å². The Morgan fingerprint density at radius 3 is 2.19 bits per heavy atom. The molecule has 0 amide bonds. The number of carbonyl (C=O) groups is 2. The van der Waals surface area contributed by atoms with Gasteiger partial charge in [-0.15, -0.1) is 0 Å². The summed E-state index contributed by atoms with van der Waals surface area (Å²) in [7, 11) is 2.51. The number of ether oxygens (including phenoxy) is 2. The quantitative estimate of drug-likeness (QED) is 0.571. The molecule has 0 N–H and O–H groups in total. The number of carbonyl (C=O) groups excluding carboxylic acids is 2. The van der Waals surface area contributed by atoms with E-state index in [2.05, 4.69) is 9.47 Å². The lowest BCUT2D eigenvalue weighted by Crippen LogP contribution is -2.07. The molecule has 0 atom stereocenters. The van der Waals surface area contributed by atoms with E-state index in [4.69, 9.17) is 0 Å². The van der Waals surface area contributed by atoms with Gasteiger partial charge in [-0.2, -0.15) is 0 Å². The Balaban J connectivity index is 3.11. The van der Waals surface area contributed by atoms with E-state index in [0.29, 0.717) is 5.56 Å². The summed E-state index contributed by atoms with van der Waals surface area (Å²) < 4.78 is 9.07. The Bertz CT molecular complexity index is 406. The number of benzene rings is 1. The minimum atomic E-state index is -0.593. The van der Waals surface area contributed by atoms with Crippen LogP contribution in [0.5, 0.6) is 0 Å². The van der Waals surface area contributed by atoms with Crippen LogP contribution in [0.2, 0.25) is 0 Å². The molecule has 0 saturated heterocycles. The molecule has 0 unspecified atom stereocenters. The van der Waals surface area contributed by atoms with Crippen LogP contribution in [0.3, 0.4) is 0 Å². The summed E-state index contributed by atoms with van der Waals surface area (Å²) in [6.07, 6.45) is 1.11. The van der Waals surface area contributed by atoms with Crippen molar-refractivity contribution in [3.8, 4) is 0 Å². The highest BCUT2D eigenvalue weighted by Crippen LogP contribution is 2.15. The van der Waals surface area contributed by atoms with Crippen LogP contribution in [0, 0.1) is 0 Å². The van der Waals surface area contributed by atoms with Gasteiger partial charge in [0.2, 0.25) is 0 Å². The molecule has 0 fully saturated rings. The lowest BCUT2D eigenvalue weighted by Gasteiger charge is -2.04.